The summed E-state index contributed by atoms with van der Waals surface area (Å²) in [7, 11) is 0. The second kappa shape index (κ2) is 12.1. The van der Waals surface area contributed by atoms with Gasteiger partial charge in [0.15, 0.2) is 17.8 Å². The van der Waals surface area contributed by atoms with Crippen molar-refractivity contribution < 1.29 is 34.8 Å². The van der Waals surface area contributed by atoms with Crippen LogP contribution in [0.15, 0.2) is 67.3 Å². The van der Waals surface area contributed by atoms with E-state index < -0.39 is 18.2 Å². The van der Waals surface area contributed by atoms with Gasteiger partial charge in [-0.15, -0.1) is 0 Å². The summed E-state index contributed by atoms with van der Waals surface area (Å²) in [5.41, 5.74) is 0.443. The van der Waals surface area contributed by atoms with Crippen LogP contribution in [0.2, 0.25) is 0 Å². The summed E-state index contributed by atoms with van der Waals surface area (Å²) in [6, 6.07) is 14.7. The van der Waals surface area contributed by atoms with E-state index >= 15 is 0 Å². The molecule has 0 aromatic heterocycles. The third-order valence-electron chi connectivity index (χ3n) is 2.34. The summed E-state index contributed by atoms with van der Waals surface area (Å²) in [6.45, 7) is 4.35. The van der Waals surface area contributed by atoms with Crippen molar-refractivity contribution in [2.75, 3.05) is 0 Å². The highest BCUT2D eigenvalue weighted by atomic mass is 16.6. The summed E-state index contributed by atoms with van der Waals surface area (Å²) >= 11 is 0. The number of phenolic OH excluding ortho intramolecular Hbond substituents is 2. The maximum atomic E-state index is 11.1. The first-order chi connectivity index (χ1) is 11.8. The van der Waals surface area contributed by atoms with Crippen molar-refractivity contribution in [2.24, 2.45) is 0 Å². The van der Waals surface area contributed by atoms with Crippen LogP contribution in [0.25, 0.3) is 0 Å². The van der Waals surface area contributed by atoms with Crippen molar-refractivity contribution in [2.45, 2.75) is 13.2 Å². The molecule has 0 bridgehead atoms. The Labute approximate surface area is 145 Å². The average molecular weight is 348 g/mol. The van der Waals surface area contributed by atoms with Crippen LogP contribution in [-0.2, 0) is 9.53 Å². The molecule has 0 radical (unpaired) electrons. The molecule has 2 rings (SSSR count). The number of hydrogen-bond acceptors (Lipinski definition) is 6. The molecule has 134 valence electrons. The Morgan fingerprint density at radius 2 is 1.40 bits per heavy atom. The first-order valence-electron chi connectivity index (χ1n) is 7.04. The number of ether oxygens (including phenoxy) is 1. The van der Waals surface area contributed by atoms with Gasteiger partial charge < -0.3 is 25.2 Å². The molecule has 1 atom stereocenters. The van der Waals surface area contributed by atoms with Crippen LogP contribution in [0.4, 0.5) is 0 Å². The molecule has 2 aromatic carbocycles. The zero-order valence-electron chi connectivity index (χ0n) is 13.6. The van der Waals surface area contributed by atoms with Gasteiger partial charge in [-0.05, 0) is 31.2 Å². The van der Waals surface area contributed by atoms with E-state index in [4.69, 9.17) is 20.4 Å². The number of para-hydroxylation sites is 2. The molecule has 0 heterocycles. The third kappa shape index (κ3) is 10.9. The Morgan fingerprint density at radius 1 is 1.00 bits per heavy atom. The van der Waals surface area contributed by atoms with Crippen LogP contribution in [0.3, 0.4) is 0 Å². The summed E-state index contributed by atoms with van der Waals surface area (Å²) in [4.78, 5) is 20.3. The van der Waals surface area contributed by atoms with E-state index in [1.807, 2.05) is 0 Å². The standard InChI is InChI=1S/C9H10O3.C6H6O2.C3H4O2/c1-7(10)12-9(11)8-5-3-2-4-6-8;7-5-3-1-2-4-6(5)8;1-2-3(4)5/h2-7,10H,1H3;1-4,7-8H;2H,1H2,(H,4,5). The molecule has 0 aliphatic rings. The molecular weight excluding hydrogens is 328 g/mol. The van der Waals surface area contributed by atoms with E-state index in [1.165, 1.54) is 19.1 Å². The molecule has 0 saturated heterocycles. The highest BCUT2D eigenvalue weighted by Crippen LogP contribution is 2.21. The molecule has 4 N–H and O–H groups in total. The van der Waals surface area contributed by atoms with Gasteiger partial charge in [-0.1, -0.05) is 36.9 Å². The number of carbonyl (C=O) groups excluding carboxylic acids is 1. The highest BCUT2D eigenvalue weighted by molar-refractivity contribution is 5.89. The molecule has 0 aliphatic heterocycles. The minimum Gasteiger partial charge on any atom is -0.504 e. The number of aromatic hydroxyl groups is 2. The van der Waals surface area contributed by atoms with Crippen LogP contribution < -0.4 is 0 Å². The fraction of sp³-hybridized carbons (Fsp3) is 0.111. The Hall–Kier alpha value is -3.32. The SMILES string of the molecule is C=CC(=O)O.CC(O)OC(=O)c1ccccc1.Oc1ccccc1O. The van der Waals surface area contributed by atoms with Crippen molar-refractivity contribution in [1.82, 2.24) is 0 Å². The molecule has 1 unspecified atom stereocenters. The van der Waals surface area contributed by atoms with Crippen molar-refractivity contribution in [1.29, 1.82) is 0 Å². The summed E-state index contributed by atoms with van der Waals surface area (Å²) < 4.78 is 4.55. The van der Waals surface area contributed by atoms with Crippen LogP contribution >= 0.6 is 0 Å². The highest BCUT2D eigenvalue weighted by Gasteiger charge is 2.07. The molecule has 25 heavy (non-hydrogen) atoms. The number of carbonyl (C=O) groups is 2. The zero-order valence-corrected chi connectivity index (χ0v) is 13.6. The van der Waals surface area contributed by atoms with Gasteiger partial charge in [0.2, 0.25) is 0 Å². The number of benzene rings is 2. The van der Waals surface area contributed by atoms with Crippen LogP contribution in [-0.4, -0.2) is 38.7 Å². The molecule has 0 fully saturated rings. The van der Waals surface area contributed by atoms with E-state index in [0.717, 1.165) is 6.08 Å². The number of aliphatic hydroxyl groups is 1. The second-order valence-electron chi connectivity index (χ2n) is 4.40. The summed E-state index contributed by atoms with van der Waals surface area (Å²) in [5, 5.41) is 33.7. The number of carboxylic acid groups (broad SMARTS) is 1. The largest absolute Gasteiger partial charge is 0.504 e. The third-order valence-corrected chi connectivity index (χ3v) is 2.34. The van der Waals surface area contributed by atoms with E-state index in [-0.39, 0.29) is 11.5 Å². The monoisotopic (exact) mass is 348 g/mol. The van der Waals surface area contributed by atoms with E-state index in [0.29, 0.717) is 5.56 Å². The molecule has 7 heteroatoms. The zero-order chi connectivity index (χ0) is 19.2. The first kappa shape index (κ1) is 21.7. The minimum absolute atomic E-state index is 0.0764. The van der Waals surface area contributed by atoms with Crippen molar-refractivity contribution >= 4 is 11.9 Å². The van der Waals surface area contributed by atoms with Gasteiger partial charge in [0.1, 0.15) is 0 Å². The quantitative estimate of drug-likeness (QED) is 0.291. The molecule has 0 aliphatic carbocycles. The Bertz CT molecular complexity index is 645. The van der Waals surface area contributed by atoms with Gasteiger partial charge >= 0.3 is 11.9 Å². The van der Waals surface area contributed by atoms with Gasteiger partial charge in [-0.25, -0.2) is 9.59 Å². The number of aliphatic carboxylic acids is 1. The fourth-order valence-corrected chi connectivity index (χ4v) is 1.26. The van der Waals surface area contributed by atoms with Gasteiger partial charge in [-0.2, -0.15) is 0 Å². The van der Waals surface area contributed by atoms with E-state index in [2.05, 4.69) is 11.3 Å². The normalized spacial score (nSPS) is 10.0. The summed E-state index contributed by atoms with van der Waals surface area (Å²) in [6.07, 6.45) is -0.224. The number of rotatable bonds is 3. The molecule has 0 amide bonds. The number of aliphatic hydroxyl groups excluding tert-OH is 1. The van der Waals surface area contributed by atoms with Crippen molar-refractivity contribution in [3.8, 4) is 11.5 Å². The number of carboxylic acids is 1. The molecule has 7 nitrogen and oxygen atoms in total. The topological polar surface area (TPSA) is 124 Å². The van der Waals surface area contributed by atoms with E-state index in [9.17, 15) is 9.59 Å². The molecular formula is C18H20O7. The van der Waals surface area contributed by atoms with Crippen molar-refractivity contribution in [3.63, 3.8) is 0 Å². The number of esters is 1. The lowest BCUT2D eigenvalue weighted by atomic mass is 10.2. The predicted molar refractivity (Wildman–Crippen MR) is 91.1 cm³/mol. The molecule has 0 saturated carbocycles. The number of phenols is 2. The van der Waals surface area contributed by atoms with Gasteiger partial charge in [-0.3, -0.25) is 0 Å². The maximum Gasteiger partial charge on any atom is 0.340 e. The average Bonchev–Trinajstić information content (AvgIpc) is 2.59. The Kier molecular flexibility index (Phi) is 10.5. The number of hydrogen-bond donors (Lipinski definition) is 4. The van der Waals surface area contributed by atoms with Gasteiger partial charge in [0.05, 0.1) is 5.56 Å². The summed E-state index contributed by atoms with van der Waals surface area (Å²) in [5.74, 6) is -1.64. The van der Waals surface area contributed by atoms with Gasteiger partial charge in [0, 0.05) is 6.08 Å². The lowest BCUT2D eigenvalue weighted by molar-refractivity contribution is -0.131. The molecule has 2 aromatic rings. The van der Waals surface area contributed by atoms with Crippen LogP contribution in [0, 0.1) is 0 Å². The second-order valence-corrected chi connectivity index (χ2v) is 4.40. The fourth-order valence-electron chi connectivity index (χ4n) is 1.26. The van der Waals surface area contributed by atoms with E-state index in [1.54, 1.807) is 42.5 Å². The van der Waals surface area contributed by atoms with Crippen LogP contribution in [0.5, 0.6) is 11.5 Å². The lowest BCUT2D eigenvalue weighted by Gasteiger charge is -2.05. The minimum atomic E-state index is -1.06. The smallest absolute Gasteiger partial charge is 0.340 e. The lowest BCUT2D eigenvalue weighted by Crippen LogP contribution is -2.13. The molecule has 0 spiro atoms. The van der Waals surface area contributed by atoms with Crippen molar-refractivity contribution in [3.05, 3.63) is 72.8 Å². The van der Waals surface area contributed by atoms with Gasteiger partial charge in [0.25, 0.3) is 0 Å². The Balaban J connectivity index is 0.000000382. The predicted octanol–water partition coefficient (Wildman–Crippen LogP) is 2.54. The van der Waals surface area contributed by atoms with Crippen LogP contribution in [0.1, 0.15) is 17.3 Å². The first-order valence-corrected chi connectivity index (χ1v) is 7.04. The Morgan fingerprint density at radius 3 is 1.72 bits per heavy atom. The maximum absolute atomic E-state index is 11.1.